The van der Waals surface area contributed by atoms with Crippen molar-refractivity contribution >= 4 is 6.08 Å². The maximum Gasteiger partial charge on any atom is 0.0872 e. The lowest BCUT2D eigenvalue weighted by atomic mass is 9.95. The van der Waals surface area contributed by atoms with Crippen LogP contribution in [0.4, 0.5) is 0 Å². The van der Waals surface area contributed by atoms with Gasteiger partial charge in [-0.15, -0.1) is 0 Å². The van der Waals surface area contributed by atoms with Crippen molar-refractivity contribution in [2.45, 2.75) is 12.5 Å². The Morgan fingerprint density at radius 1 is 1.33 bits per heavy atom. The maximum absolute atomic E-state index is 5.74. The highest BCUT2D eigenvalue weighted by Gasteiger charge is 2.16. The molecule has 2 heteroatoms. The number of hydrogen-bond donors (Lipinski definition) is 0. The molecule has 0 heterocycles. The van der Waals surface area contributed by atoms with E-state index in [2.05, 4.69) is 18.2 Å². The first kappa shape index (κ1) is 10.4. The Kier molecular flexibility index (Phi) is 3.54. The summed E-state index contributed by atoms with van der Waals surface area (Å²) in [5.41, 5.74) is 2.47. The molecule has 2 rings (SSSR count). The molecule has 2 nitrogen and oxygen atoms in total. The molecule has 1 unspecified atom stereocenters. The van der Waals surface area contributed by atoms with Crippen LogP contribution in [0.1, 0.15) is 23.7 Å². The van der Waals surface area contributed by atoms with Gasteiger partial charge in [0, 0.05) is 13.5 Å². The number of fused-ring (bicyclic) bond motifs is 1. The molecule has 0 bridgehead atoms. The van der Waals surface area contributed by atoms with Crippen LogP contribution in [0.2, 0.25) is 0 Å². The Balaban J connectivity index is 2.05. The zero-order chi connectivity index (χ0) is 10.5. The molecule has 1 aromatic rings. The molecule has 1 aliphatic rings. The van der Waals surface area contributed by atoms with Crippen molar-refractivity contribution < 1.29 is 9.47 Å². The third-order valence-corrected chi connectivity index (χ3v) is 2.51. The lowest BCUT2D eigenvalue weighted by Gasteiger charge is -2.21. The van der Waals surface area contributed by atoms with Crippen LogP contribution in [0.25, 0.3) is 6.08 Å². The quantitative estimate of drug-likeness (QED) is 0.700. The minimum absolute atomic E-state index is 0.140. The van der Waals surface area contributed by atoms with Crippen molar-refractivity contribution in [2.24, 2.45) is 0 Å². The first-order valence-corrected chi connectivity index (χ1v) is 5.18. The normalized spacial score (nSPS) is 18.9. The number of methoxy groups -OCH3 is 1. The van der Waals surface area contributed by atoms with Crippen LogP contribution in [0.15, 0.2) is 24.3 Å². The van der Waals surface area contributed by atoms with Gasteiger partial charge in [0.25, 0.3) is 0 Å². The molecule has 0 aromatic heterocycles. The molecule has 0 saturated heterocycles. The summed E-state index contributed by atoms with van der Waals surface area (Å²) < 4.78 is 10.7. The van der Waals surface area contributed by atoms with E-state index in [9.17, 15) is 0 Å². The lowest BCUT2D eigenvalue weighted by molar-refractivity contribution is 0.0163. The second-order valence-corrected chi connectivity index (χ2v) is 3.53. The monoisotopic (exact) mass is 203 g/mol. The van der Waals surface area contributed by atoms with Crippen molar-refractivity contribution in [3.8, 4) is 0 Å². The third-order valence-electron chi connectivity index (χ3n) is 2.51. The molecule has 1 aliphatic carbocycles. The van der Waals surface area contributed by atoms with Gasteiger partial charge in [-0.05, 0) is 17.2 Å². The number of ether oxygens (including phenoxy) is 2. The Morgan fingerprint density at radius 2 is 2.20 bits per heavy atom. The Bertz CT molecular complexity index is 344. The smallest absolute Gasteiger partial charge is 0.0872 e. The van der Waals surface area contributed by atoms with E-state index in [1.807, 2.05) is 18.2 Å². The topological polar surface area (TPSA) is 18.5 Å². The van der Waals surface area contributed by atoms with Crippen LogP contribution in [0.3, 0.4) is 0 Å². The summed E-state index contributed by atoms with van der Waals surface area (Å²) in [5, 5.41) is 0. The number of benzene rings is 1. The van der Waals surface area contributed by atoms with E-state index in [1.54, 1.807) is 7.11 Å². The molecule has 0 N–H and O–H groups in total. The van der Waals surface area contributed by atoms with Gasteiger partial charge < -0.3 is 9.47 Å². The van der Waals surface area contributed by atoms with E-state index < -0.39 is 0 Å². The van der Waals surface area contributed by atoms with Crippen molar-refractivity contribution in [1.29, 1.82) is 0 Å². The highest BCUT2D eigenvalue weighted by molar-refractivity contribution is 5.55. The van der Waals surface area contributed by atoms with Crippen LogP contribution >= 0.6 is 0 Å². The molecule has 0 spiro atoms. The van der Waals surface area contributed by atoms with E-state index >= 15 is 0 Å². The summed E-state index contributed by atoms with van der Waals surface area (Å²) in [4.78, 5) is 0. The first-order valence-electron chi connectivity index (χ1n) is 5.18. The summed E-state index contributed by atoms with van der Waals surface area (Å²) in [6.07, 6.45) is 6.23. The molecule has 0 aliphatic heterocycles. The van der Waals surface area contributed by atoms with Crippen LogP contribution < -0.4 is 0 Å². The Labute approximate surface area is 90.5 Å². The van der Waals surface area contributed by atoms with Gasteiger partial charge in [-0.25, -0.2) is 0 Å². The second kappa shape index (κ2) is 5.10. The van der Waals surface area contributed by atoms with E-state index in [-0.39, 0.29) is 6.10 Å². The van der Waals surface area contributed by atoms with E-state index in [4.69, 9.17) is 9.47 Å². The average molecular weight is 203 g/mol. The van der Waals surface area contributed by atoms with Crippen LogP contribution in [0, 0.1) is 6.08 Å². The maximum atomic E-state index is 5.74. The molecular weight excluding hydrogens is 188 g/mol. The van der Waals surface area contributed by atoms with Gasteiger partial charge in [-0.3, -0.25) is 0 Å². The molecule has 1 radical (unpaired) electrons. The highest BCUT2D eigenvalue weighted by atomic mass is 16.5. The van der Waals surface area contributed by atoms with Gasteiger partial charge >= 0.3 is 0 Å². The zero-order valence-electron chi connectivity index (χ0n) is 8.90. The molecular formula is C13H15O2. The van der Waals surface area contributed by atoms with Crippen molar-refractivity contribution in [3.63, 3.8) is 0 Å². The van der Waals surface area contributed by atoms with Crippen molar-refractivity contribution in [1.82, 2.24) is 0 Å². The Hall–Kier alpha value is -1.12. The zero-order valence-corrected chi connectivity index (χ0v) is 8.90. The second-order valence-electron chi connectivity index (χ2n) is 3.53. The largest absolute Gasteiger partial charge is 0.382 e. The minimum Gasteiger partial charge on any atom is -0.382 e. The summed E-state index contributed by atoms with van der Waals surface area (Å²) in [6, 6.07) is 8.29. The van der Waals surface area contributed by atoms with Gasteiger partial charge in [0.2, 0.25) is 0 Å². The molecule has 0 fully saturated rings. The lowest BCUT2D eigenvalue weighted by Crippen LogP contribution is -2.11. The van der Waals surface area contributed by atoms with Crippen LogP contribution in [0.5, 0.6) is 0 Å². The fourth-order valence-corrected chi connectivity index (χ4v) is 1.74. The molecule has 15 heavy (non-hydrogen) atoms. The van der Waals surface area contributed by atoms with Crippen molar-refractivity contribution in [2.75, 3.05) is 20.3 Å². The number of hydrogen-bond acceptors (Lipinski definition) is 2. The van der Waals surface area contributed by atoms with Gasteiger partial charge in [0.15, 0.2) is 0 Å². The molecule has 0 amide bonds. The standard InChI is InChI=1S/C13H15O2/c1-14-9-10-15-13-8-4-6-11-5-2-3-7-12(11)13/h2-3,5-7,13H,8-10H2,1H3. The van der Waals surface area contributed by atoms with Gasteiger partial charge in [-0.2, -0.15) is 0 Å². The number of rotatable bonds is 4. The minimum atomic E-state index is 0.140. The third kappa shape index (κ3) is 2.46. The molecule has 1 atom stereocenters. The predicted molar refractivity (Wildman–Crippen MR) is 59.3 cm³/mol. The van der Waals surface area contributed by atoms with Crippen molar-refractivity contribution in [3.05, 3.63) is 41.5 Å². The van der Waals surface area contributed by atoms with Crippen LogP contribution in [-0.2, 0) is 9.47 Å². The van der Waals surface area contributed by atoms with Gasteiger partial charge in [-0.1, -0.05) is 30.3 Å². The van der Waals surface area contributed by atoms with Gasteiger partial charge in [0.1, 0.15) is 0 Å². The summed E-state index contributed by atoms with van der Waals surface area (Å²) in [7, 11) is 1.68. The summed E-state index contributed by atoms with van der Waals surface area (Å²) in [5.74, 6) is 0. The Morgan fingerprint density at radius 3 is 3.07 bits per heavy atom. The average Bonchev–Trinajstić information content (AvgIpc) is 2.30. The summed E-state index contributed by atoms with van der Waals surface area (Å²) in [6.45, 7) is 1.28. The summed E-state index contributed by atoms with van der Waals surface area (Å²) >= 11 is 0. The molecule has 1 aromatic carbocycles. The fourth-order valence-electron chi connectivity index (χ4n) is 1.74. The molecule has 0 saturated carbocycles. The first-order chi connectivity index (χ1) is 7.42. The SMILES string of the molecule is COCCOC1C[C]=Cc2ccccc21. The molecule has 79 valence electrons. The van der Waals surface area contributed by atoms with Gasteiger partial charge in [0.05, 0.1) is 19.3 Å². The van der Waals surface area contributed by atoms with E-state index in [1.165, 1.54) is 11.1 Å². The van der Waals surface area contributed by atoms with Crippen LogP contribution in [-0.4, -0.2) is 20.3 Å². The predicted octanol–water partition coefficient (Wildman–Crippen LogP) is 2.61. The van der Waals surface area contributed by atoms with E-state index in [0.29, 0.717) is 13.2 Å². The highest BCUT2D eigenvalue weighted by Crippen LogP contribution is 2.29. The fraction of sp³-hybridized carbons (Fsp3) is 0.385. The van der Waals surface area contributed by atoms with E-state index in [0.717, 1.165) is 6.42 Å².